The van der Waals surface area contributed by atoms with Gasteiger partial charge in [-0.15, -0.1) is 0 Å². The zero-order valence-corrected chi connectivity index (χ0v) is 13.7. The normalized spacial score (nSPS) is 33.7. The third kappa shape index (κ3) is 3.52. The summed E-state index contributed by atoms with van der Waals surface area (Å²) in [6, 6.07) is 9.91. The third-order valence-corrected chi connectivity index (χ3v) is 6.26. The Labute approximate surface area is 131 Å². The van der Waals surface area contributed by atoms with E-state index in [1.165, 1.54) is 44.1 Å². The van der Waals surface area contributed by atoms with Crippen molar-refractivity contribution >= 4 is 23.4 Å². The predicted octanol–water partition coefficient (Wildman–Crippen LogP) is 4.85. The number of hydrogen-bond donors (Lipinski definition) is 1. The summed E-state index contributed by atoms with van der Waals surface area (Å²) < 4.78 is 0. The summed E-state index contributed by atoms with van der Waals surface area (Å²) in [5, 5.41) is 5.61. The van der Waals surface area contributed by atoms with Gasteiger partial charge in [-0.2, -0.15) is 11.8 Å². The Bertz CT molecular complexity index is 427. The number of nitrogens with one attached hydrogen (secondary N) is 1. The van der Waals surface area contributed by atoms with Gasteiger partial charge in [-0.25, -0.2) is 0 Å². The average Bonchev–Trinajstić information content (AvgIpc) is 2.44. The first-order valence-corrected chi connectivity index (χ1v) is 9.45. The quantitative estimate of drug-likeness (QED) is 0.853. The molecule has 1 nitrogen and oxygen atoms in total. The van der Waals surface area contributed by atoms with E-state index < -0.39 is 0 Å². The number of halogens is 1. The average molecular weight is 310 g/mol. The Balaban J connectivity index is 1.45. The third-order valence-electron chi connectivity index (χ3n) is 4.91. The first-order chi connectivity index (χ1) is 9.74. The van der Waals surface area contributed by atoms with E-state index in [1.807, 2.05) is 23.9 Å². The molecule has 0 radical (unpaired) electrons. The van der Waals surface area contributed by atoms with Crippen molar-refractivity contribution in [2.24, 2.45) is 0 Å². The lowest BCUT2D eigenvalue weighted by Gasteiger charge is -2.40. The smallest absolute Gasteiger partial charge is 0.0406 e. The van der Waals surface area contributed by atoms with Gasteiger partial charge in [-0.1, -0.05) is 30.2 Å². The van der Waals surface area contributed by atoms with E-state index in [0.29, 0.717) is 0 Å². The van der Waals surface area contributed by atoms with Crippen LogP contribution in [0.4, 0.5) is 0 Å². The molecule has 0 amide bonds. The summed E-state index contributed by atoms with van der Waals surface area (Å²) in [5.41, 5.74) is 1.46. The number of rotatable bonds is 4. The Kier molecular flexibility index (Phi) is 4.95. The topological polar surface area (TPSA) is 12.0 Å². The van der Waals surface area contributed by atoms with E-state index in [1.54, 1.807) is 0 Å². The first-order valence-electron chi connectivity index (χ1n) is 7.79. The van der Waals surface area contributed by atoms with Gasteiger partial charge in [0.2, 0.25) is 0 Å². The number of hydrogen-bond acceptors (Lipinski definition) is 2. The van der Waals surface area contributed by atoms with E-state index in [-0.39, 0.29) is 0 Å². The summed E-state index contributed by atoms with van der Waals surface area (Å²) in [6.45, 7) is 0. The van der Waals surface area contributed by atoms with Crippen LogP contribution in [-0.2, 0) is 0 Å². The molecule has 0 heterocycles. The van der Waals surface area contributed by atoms with Gasteiger partial charge < -0.3 is 5.32 Å². The van der Waals surface area contributed by atoms with Crippen molar-refractivity contribution in [2.75, 3.05) is 6.26 Å². The second-order valence-corrected chi connectivity index (χ2v) is 7.88. The van der Waals surface area contributed by atoms with Crippen molar-refractivity contribution in [3.63, 3.8) is 0 Å². The summed E-state index contributed by atoms with van der Waals surface area (Å²) in [6.07, 6.45) is 10.4. The van der Waals surface area contributed by atoms with Gasteiger partial charge in [0, 0.05) is 22.4 Å². The van der Waals surface area contributed by atoms with Crippen LogP contribution >= 0.6 is 23.4 Å². The predicted molar refractivity (Wildman–Crippen MR) is 89.9 cm³/mol. The lowest BCUT2D eigenvalue weighted by molar-refractivity contribution is 0.240. The van der Waals surface area contributed by atoms with Gasteiger partial charge in [0.25, 0.3) is 0 Å². The first kappa shape index (κ1) is 14.7. The minimum atomic E-state index is 0.737. The van der Waals surface area contributed by atoms with Crippen LogP contribution in [0.1, 0.15) is 50.0 Å². The molecule has 1 aromatic rings. The molecule has 2 fully saturated rings. The van der Waals surface area contributed by atoms with Crippen molar-refractivity contribution in [3.05, 3.63) is 34.9 Å². The highest BCUT2D eigenvalue weighted by Gasteiger charge is 2.32. The molecule has 20 heavy (non-hydrogen) atoms. The summed E-state index contributed by atoms with van der Waals surface area (Å²) in [5.74, 6) is 0.740. The van der Waals surface area contributed by atoms with Crippen molar-refractivity contribution in [3.8, 4) is 0 Å². The molecule has 0 aromatic heterocycles. The van der Waals surface area contributed by atoms with E-state index >= 15 is 0 Å². The molecule has 0 spiro atoms. The minimum Gasteiger partial charge on any atom is -0.311 e. The summed E-state index contributed by atoms with van der Waals surface area (Å²) in [4.78, 5) is 0. The van der Waals surface area contributed by atoms with E-state index in [0.717, 1.165) is 28.3 Å². The molecule has 2 aliphatic rings. The maximum atomic E-state index is 5.95. The van der Waals surface area contributed by atoms with Crippen molar-refractivity contribution in [1.29, 1.82) is 0 Å². The zero-order chi connectivity index (χ0) is 13.9. The van der Waals surface area contributed by atoms with Crippen LogP contribution in [0, 0.1) is 0 Å². The fourth-order valence-corrected chi connectivity index (χ4v) is 4.56. The van der Waals surface area contributed by atoms with Crippen LogP contribution in [0.2, 0.25) is 5.02 Å². The van der Waals surface area contributed by atoms with Crippen molar-refractivity contribution in [2.45, 2.75) is 61.8 Å². The molecule has 0 saturated heterocycles. The van der Waals surface area contributed by atoms with Gasteiger partial charge in [0.15, 0.2) is 0 Å². The minimum absolute atomic E-state index is 0.737. The SMILES string of the molecule is CSC1CCCC(NC2CC(c3ccc(Cl)cc3)C2)C1. The van der Waals surface area contributed by atoms with Crippen molar-refractivity contribution in [1.82, 2.24) is 5.32 Å². The lowest BCUT2D eigenvalue weighted by atomic mass is 9.75. The zero-order valence-electron chi connectivity index (χ0n) is 12.1. The largest absolute Gasteiger partial charge is 0.311 e. The fraction of sp³-hybridized carbons (Fsp3) is 0.647. The molecular formula is C17H24ClNS. The molecule has 110 valence electrons. The molecule has 0 aliphatic heterocycles. The highest BCUT2D eigenvalue weighted by atomic mass is 35.5. The van der Waals surface area contributed by atoms with Gasteiger partial charge in [-0.3, -0.25) is 0 Å². The van der Waals surface area contributed by atoms with Gasteiger partial charge in [0.1, 0.15) is 0 Å². The monoisotopic (exact) mass is 309 g/mol. The van der Waals surface area contributed by atoms with Crippen LogP contribution in [0.15, 0.2) is 24.3 Å². The number of benzene rings is 1. The van der Waals surface area contributed by atoms with Crippen molar-refractivity contribution < 1.29 is 0 Å². The molecule has 2 atom stereocenters. The van der Waals surface area contributed by atoms with Gasteiger partial charge in [0.05, 0.1) is 0 Å². The van der Waals surface area contributed by atoms with Crippen LogP contribution in [0.3, 0.4) is 0 Å². The Morgan fingerprint density at radius 3 is 2.50 bits per heavy atom. The molecule has 3 rings (SSSR count). The molecule has 2 aliphatic carbocycles. The molecule has 3 heteroatoms. The number of thioether (sulfide) groups is 1. The lowest BCUT2D eigenvalue weighted by Crippen LogP contribution is -2.47. The van der Waals surface area contributed by atoms with Gasteiger partial charge >= 0.3 is 0 Å². The summed E-state index contributed by atoms with van der Waals surface area (Å²) in [7, 11) is 0. The van der Waals surface area contributed by atoms with Crippen LogP contribution < -0.4 is 5.32 Å². The van der Waals surface area contributed by atoms with Crippen LogP contribution in [0.5, 0.6) is 0 Å². The molecular weight excluding hydrogens is 286 g/mol. The fourth-order valence-electron chi connectivity index (χ4n) is 3.60. The Morgan fingerprint density at radius 1 is 1.05 bits per heavy atom. The highest BCUT2D eigenvalue weighted by molar-refractivity contribution is 7.99. The Morgan fingerprint density at radius 2 is 1.80 bits per heavy atom. The van der Waals surface area contributed by atoms with E-state index in [2.05, 4.69) is 23.7 Å². The van der Waals surface area contributed by atoms with Crippen LogP contribution in [0.25, 0.3) is 0 Å². The molecule has 1 N–H and O–H groups in total. The molecule has 2 saturated carbocycles. The molecule has 0 bridgehead atoms. The highest BCUT2D eigenvalue weighted by Crippen LogP contribution is 2.38. The standard InChI is InChI=1S/C17H24ClNS/c1-20-17-4-2-3-15(11-17)19-16-9-13(10-16)12-5-7-14(18)8-6-12/h5-8,13,15-17,19H,2-4,9-11H2,1H3. The summed E-state index contributed by atoms with van der Waals surface area (Å²) >= 11 is 8.00. The van der Waals surface area contributed by atoms with E-state index in [4.69, 9.17) is 11.6 Å². The Hall–Kier alpha value is -0.180. The molecule has 2 unspecified atom stereocenters. The molecule has 1 aromatic carbocycles. The van der Waals surface area contributed by atoms with Crippen LogP contribution in [-0.4, -0.2) is 23.6 Å². The van der Waals surface area contributed by atoms with Gasteiger partial charge in [-0.05, 0) is 62.0 Å². The second kappa shape index (κ2) is 6.72. The maximum absolute atomic E-state index is 5.95. The van der Waals surface area contributed by atoms with E-state index in [9.17, 15) is 0 Å². The maximum Gasteiger partial charge on any atom is 0.0406 e. The second-order valence-electron chi connectivity index (χ2n) is 6.30.